The number of rotatable bonds is 4. The van der Waals surface area contributed by atoms with Gasteiger partial charge in [-0.05, 0) is 6.42 Å². The van der Waals surface area contributed by atoms with Gasteiger partial charge in [-0.2, -0.15) is 0 Å². The SMILES string of the molecule is O=C(CC1COCCN1)NCC1CCOC1. The normalized spacial score (nSPS) is 30.2. The fourth-order valence-corrected chi connectivity index (χ4v) is 2.05. The van der Waals surface area contributed by atoms with Gasteiger partial charge in [-0.15, -0.1) is 0 Å². The maximum absolute atomic E-state index is 11.6. The third-order valence-corrected chi connectivity index (χ3v) is 3.04. The van der Waals surface area contributed by atoms with E-state index >= 15 is 0 Å². The first-order valence-corrected chi connectivity index (χ1v) is 6.00. The number of hydrogen-bond acceptors (Lipinski definition) is 4. The van der Waals surface area contributed by atoms with E-state index in [0.717, 1.165) is 39.3 Å². The second-order valence-corrected chi connectivity index (χ2v) is 4.46. The molecule has 2 heterocycles. The van der Waals surface area contributed by atoms with Gasteiger partial charge in [0.2, 0.25) is 5.91 Å². The summed E-state index contributed by atoms with van der Waals surface area (Å²) in [5, 5.41) is 6.22. The summed E-state index contributed by atoms with van der Waals surface area (Å²) < 4.78 is 10.6. The van der Waals surface area contributed by atoms with Crippen molar-refractivity contribution in [2.24, 2.45) is 5.92 Å². The summed E-state index contributed by atoms with van der Waals surface area (Å²) in [4.78, 5) is 11.6. The minimum Gasteiger partial charge on any atom is -0.381 e. The zero-order valence-corrected chi connectivity index (χ0v) is 9.54. The molecule has 2 N–H and O–H groups in total. The van der Waals surface area contributed by atoms with E-state index in [4.69, 9.17) is 9.47 Å². The molecule has 2 atom stereocenters. The highest BCUT2D eigenvalue weighted by Crippen LogP contribution is 2.10. The predicted molar refractivity (Wildman–Crippen MR) is 59.2 cm³/mol. The number of hydrogen-bond donors (Lipinski definition) is 2. The van der Waals surface area contributed by atoms with Crippen LogP contribution in [0.2, 0.25) is 0 Å². The Labute approximate surface area is 95.9 Å². The highest BCUT2D eigenvalue weighted by molar-refractivity contribution is 5.76. The molecule has 1 amide bonds. The van der Waals surface area contributed by atoms with E-state index in [1.165, 1.54) is 0 Å². The van der Waals surface area contributed by atoms with Crippen LogP contribution in [0.15, 0.2) is 0 Å². The first kappa shape index (κ1) is 11.8. The summed E-state index contributed by atoms with van der Waals surface area (Å²) in [6.07, 6.45) is 1.57. The Morgan fingerprint density at radius 3 is 2.88 bits per heavy atom. The molecular weight excluding hydrogens is 208 g/mol. The molecule has 16 heavy (non-hydrogen) atoms. The Morgan fingerprint density at radius 1 is 1.31 bits per heavy atom. The van der Waals surface area contributed by atoms with Crippen molar-refractivity contribution in [2.45, 2.75) is 18.9 Å². The van der Waals surface area contributed by atoms with Crippen LogP contribution in [-0.4, -0.2) is 51.5 Å². The zero-order valence-electron chi connectivity index (χ0n) is 9.54. The highest BCUT2D eigenvalue weighted by atomic mass is 16.5. The van der Waals surface area contributed by atoms with E-state index in [0.29, 0.717) is 18.9 Å². The second-order valence-electron chi connectivity index (χ2n) is 4.46. The fourth-order valence-electron chi connectivity index (χ4n) is 2.05. The third-order valence-electron chi connectivity index (χ3n) is 3.04. The quantitative estimate of drug-likeness (QED) is 0.682. The van der Waals surface area contributed by atoms with Crippen molar-refractivity contribution in [3.05, 3.63) is 0 Å². The topological polar surface area (TPSA) is 59.6 Å². The Bertz CT molecular complexity index is 223. The minimum atomic E-state index is 0.106. The van der Waals surface area contributed by atoms with E-state index in [1.54, 1.807) is 0 Å². The summed E-state index contributed by atoms with van der Waals surface area (Å²) in [5.41, 5.74) is 0. The summed E-state index contributed by atoms with van der Waals surface area (Å²) >= 11 is 0. The van der Waals surface area contributed by atoms with Crippen molar-refractivity contribution < 1.29 is 14.3 Å². The molecule has 0 aromatic carbocycles. The number of nitrogens with one attached hydrogen (secondary N) is 2. The Kier molecular flexibility index (Phi) is 4.56. The van der Waals surface area contributed by atoms with Crippen molar-refractivity contribution in [2.75, 3.05) is 39.5 Å². The van der Waals surface area contributed by atoms with E-state index in [2.05, 4.69) is 10.6 Å². The molecule has 2 unspecified atom stereocenters. The molecule has 5 heteroatoms. The maximum Gasteiger partial charge on any atom is 0.221 e. The number of ether oxygens (including phenoxy) is 2. The maximum atomic E-state index is 11.6. The average molecular weight is 228 g/mol. The Morgan fingerprint density at radius 2 is 2.19 bits per heavy atom. The zero-order chi connectivity index (χ0) is 11.2. The van der Waals surface area contributed by atoms with Crippen molar-refractivity contribution in [1.29, 1.82) is 0 Å². The van der Waals surface area contributed by atoms with Gasteiger partial charge < -0.3 is 20.1 Å². The predicted octanol–water partition coefficient (Wildman–Crippen LogP) is -0.482. The van der Waals surface area contributed by atoms with Crippen LogP contribution in [-0.2, 0) is 14.3 Å². The molecule has 2 aliphatic heterocycles. The molecule has 0 radical (unpaired) electrons. The lowest BCUT2D eigenvalue weighted by molar-refractivity contribution is -0.122. The van der Waals surface area contributed by atoms with Gasteiger partial charge in [0.15, 0.2) is 0 Å². The van der Waals surface area contributed by atoms with Crippen LogP contribution in [0.5, 0.6) is 0 Å². The molecule has 0 aromatic rings. The molecule has 92 valence electrons. The molecule has 2 aliphatic rings. The van der Waals surface area contributed by atoms with Crippen molar-refractivity contribution >= 4 is 5.91 Å². The second kappa shape index (κ2) is 6.18. The number of amides is 1. The van der Waals surface area contributed by atoms with E-state index in [-0.39, 0.29) is 11.9 Å². The molecule has 0 bridgehead atoms. The van der Waals surface area contributed by atoms with E-state index in [9.17, 15) is 4.79 Å². The van der Waals surface area contributed by atoms with E-state index in [1.807, 2.05) is 0 Å². The van der Waals surface area contributed by atoms with Gasteiger partial charge in [0.05, 0.1) is 19.8 Å². The van der Waals surface area contributed by atoms with Gasteiger partial charge in [-0.3, -0.25) is 4.79 Å². The fraction of sp³-hybridized carbons (Fsp3) is 0.909. The lowest BCUT2D eigenvalue weighted by Crippen LogP contribution is -2.44. The summed E-state index contributed by atoms with van der Waals surface area (Å²) in [6.45, 7) is 4.59. The third kappa shape index (κ3) is 3.73. The highest BCUT2D eigenvalue weighted by Gasteiger charge is 2.19. The first-order valence-electron chi connectivity index (χ1n) is 6.00. The van der Waals surface area contributed by atoms with Gasteiger partial charge in [-0.1, -0.05) is 0 Å². The standard InChI is InChI=1S/C11H20N2O3/c14-11(5-10-8-16-4-2-12-10)13-6-9-1-3-15-7-9/h9-10,12H,1-8H2,(H,13,14). The number of carbonyl (C=O) groups excluding carboxylic acids is 1. The first-order chi connectivity index (χ1) is 7.84. The van der Waals surface area contributed by atoms with Gasteiger partial charge in [-0.25, -0.2) is 0 Å². The molecular formula is C11H20N2O3. The van der Waals surface area contributed by atoms with Crippen LogP contribution >= 0.6 is 0 Å². The van der Waals surface area contributed by atoms with Gasteiger partial charge >= 0.3 is 0 Å². The Balaban J connectivity index is 1.59. The summed E-state index contributed by atoms with van der Waals surface area (Å²) in [6, 6.07) is 0.175. The summed E-state index contributed by atoms with van der Waals surface area (Å²) in [7, 11) is 0. The van der Waals surface area contributed by atoms with Crippen LogP contribution < -0.4 is 10.6 Å². The molecule has 2 rings (SSSR count). The van der Waals surface area contributed by atoms with Crippen LogP contribution in [0.25, 0.3) is 0 Å². The van der Waals surface area contributed by atoms with Crippen LogP contribution in [0.3, 0.4) is 0 Å². The van der Waals surface area contributed by atoms with Crippen molar-refractivity contribution in [1.82, 2.24) is 10.6 Å². The molecule has 0 spiro atoms. The minimum absolute atomic E-state index is 0.106. The van der Waals surface area contributed by atoms with Crippen LogP contribution in [0, 0.1) is 5.92 Å². The lowest BCUT2D eigenvalue weighted by Gasteiger charge is -2.23. The molecule has 0 aromatic heterocycles. The van der Waals surface area contributed by atoms with Crippen molar-refractivity contribution in [3.8, 4) is 0 Å². The molecule has 5 nitrogen and oxygen atoms in total. The van der Waals surface area contributed by atoms with Crippen LogP contribution in [0.1, 0.15) is 12.8 Å². The molecule has 0 saturated carbocycles. The molecule has 2 saturated heterocycles. The number of carbonyl (C=O) groups is 1. The summed E-state index contributed by atoms with van der Waals surface area (Å²) in [5.74, 6) is 0.606. The van der Waals surface area contributed by atoms with Crippen molar-refractivity contribution in [3.63, 3.8) is 0 Å². The number of morpholine rings is 1. The van der Waals surface area contributed by atoms with Gasteiger partial charge in [0, 0.05) is 38.1 Å². The molecule has 0 aliphatic carbocycles. The van der Waals surface area contributed by atoms with Gasteiger partial charge in [0.25, 0.3) is 0 Å². The molecule has 2 fully saturated rings. The average Bonchev–Trinajstić information content (AvgIpc) is 2.81. The lowest BCUT2D eigenvalue weighted by atomic mass is 10.1. The van der Waals surface area contributed by atoms with E-state index < -0.39 is 0 Å². The van der Waals surface area contributed by atoms with Crippen LogP contribution in [0.4, 0.5) is 0 Å². The monoisotopic (exact) mass is 228 g/mol. The smallest absolute Gasteiger partial charge is 0.221 e. The van der Waals surface area contributed by atoms with Gasteiger partial charge in [0.1, 0.15) is 0 Å². The Hall–Kier alpha value is -0.650. The largest absolute Gasteiger partial charge is 0.381 e.